The van der Waals surface area contributed by atoms with Gasteiger partial charge in [0.15, 0.2) is 0 Å². The zero-order chi connectivity index (χ0) is 16.3. The molecule has 0 unspecified atom stereocenters. The van der Waals surface area contributed by atoms with Crippen LogP contribution < -0.4 is 15.2 Å². The third-order valence-corrected chi connectivity index (χ3v) is 5.56. The van der Waals surface area contributed by atoms with Gasteiger partial charge in [-0.25, -0.2) is 30.7 Å². The first-order valence-electron chi connectivity index (χ1n) is 5.60. The monoisotopic (exact) mass is 355 g/mol. The molecule has 0 saturated carbocycles. The maximum absolute atomic E-state index is 13.6. The maximum Gasteiger partial charge on any atom is 0.241 e. The van der Waals surface area contributed by atoms with E-state index in [4.69, 9.17) is 5.73 Å². The van der Waals surface area contributed by atoms with Crippen molar-refractivity contribution in [3.05, 3.63) is 29.6 Å². The van der Waals surface area contributed by atoms with Crippen molar-refractivity contribution in [1.29, 1.82) is 0 Å². The van der Waals surface area contributed by atoms with Crippen LogP contribution in [0.4, 0.5) is 4.39 Å². The highest BCUT2D eigenvalue weighted by Crippen LogP contribution is 2.18. The van der Waals surface area contributed by atoms with Crippen LogP contribution >= 0.6 is 12.2 Å². The topological polar surface area (TPSA) is 118 Å². The van der Waals surface area contributed by atoms with Crippen LogP contribution in [0.5, 0.6) is 0 Å². The molecule has 0 amide bonds. The highest BCUT2D eigenvalue weighted by atomic mass is 32.2. The summed E-state index contributed by atoms with van der Waals surface area (Å²) < 4.78 is 64.3. The number of thiocarbonyl (C=S) groups is 1. The lowest BCUT2D eigenvalue weighted by Crippen LogP contribution is -2.34. The van der Waals surface area contributed by atoms with E-state index < -0.39 is 47.1 Å². The largest absolute Gasteiger partial charge is 0.389 e. The van der Waals surface area contributed by atoms with Gasteiger partial charge in [0.05, 0.1) is 16.2 Å². The van der Waals surface area contributed by atoms with Crippen LogP contribution in [0.1, 0.15) is 5.56 Å². The van der Waals surface area contributed by atoms with Gasteiger partial charge in [-0.1, -0.05) is 18.3 Å². The van der Waals surface area contributed by atoms with Crippen LogP contribution in [0, 0.1) is 5.82 Å². The van der Waals surface area contributed by atoms with Crippen LogP contribution in [0.15, 0.2) is 23.1 Å². The fraction of sp³-hybridized carbons (Fsp3) is 0.300. The first-order chi connectivity index (χ1) is 9.60. The lowest BCUT2D eigenvalue weighted by atomic mass is 10.2. The van der Waals surface area contributed by atoms with Crippen molar-refractivity contribution >= 4 is 37.3 Å². The first kappa shape index (κ1) is 17.9. The number of nitrogens with one attached hydrogen (secondary N) is 2. The molecule has 0 aromatic heterocycles. The van der Waals surface area contributed by atoms with Crippen molar-refractivity contribution in [2.45, 2.75) is 4.90 Å². The lowest BCUT2D eigenvalue weighted by Gasteiger charge is -2.11. The van der Waals surface area contributed by atoms with Crippen molar-refractivity contribution in [2.24, 2.45) is 5.73 Å². The predicted octanol–water partition coefficient (Wildman–Crippen LogP) is -0.713. The molecule has 0 bridgehead atoms. The van der Waals surface area contributed by atoms with Crippen molar-refractivity contribution in [3.63, 3.8) is 0 Å². The highest BCUT2D eigenvalue weighted by Gasteiger charge is 2.23. The molecule has 0 saturated heterocycles. The summed E-state index contributed by atoms with van der Waals surface area (Å²) in [6, 6.07) is 3.35. The molecule has 0 fully saturated rings. The van der Waals surface area contributed by atoms with Gasteiger partial charge in [0.1, 0.15) is 10.8 Å². The Balaban J connectivity index is 3.05. The average molecular weight is 355 g/mol. The molecule has 1 aromatic carbocycles. The number of rotatable bonds is 7. The molecule has 0 aliphatic carbocycles. The van der Waals surface area contributed by atoms with Gasteiger partial charge in [0.2, 0.25) is 20.0 Å². The minimum Gasteiger partial charge on any atom is -0.389 e. The molecule has 0 spiro atoms. The van der Waals surface area contributed by atoms with E-state index in [1.54, 1.807) is 0 Å². The van der Waals surface area contributed by atoms with Gasteiger partial charge < -0.3 is 5.73 Å². The van der Waals surface area contributed by atoms with E-state index in [0.717, 1.165) is 12.1 Å². The molecule has 1 aromatic rings. The van der Waals surface area contributed by atoms with E-state index in [1.165, 1.54) is 13.1 Å². The van der Waals surface area contributed by atoms with Crippen molar-refractivity contribution in [3.8, 4) is 0 Å². The Hall–Kier alpha value is -1.14. The molecule has 118 valence electrons. The molecular formula is C10H14FN3O4S3. The quantitative estimate of drug-likeness (QED) is 0.556. The summed E-state index contributed by atoms with van der Waals surface area (Å²) in [5.74, 6) is -1.33. The molecule has 1 rings (SSSR count). The smallest absolute Gasteiger partial charge is 0.241 e. The molecule has 0 aliphatic heterocycles. The summed E-state index contributed by atoms with van der Waals surface area (Å²) in [7, 11) is -6.49. The number of sulfonamides is 2. The Labute approximate surface area is 127 Å². The van der Waals surface area contributed by atoms with Crippen LogP contribution in [0.25, 0.3) is 0 Å². The molecular weight excluding hydrogens is 341 g/mol. The zero-order valence-corrected chi connectivity index (χ0v) is 13.4. The Morgan fingerprint density at radius 1 is 1.33 bits per heavy atom. The fourth-order valence-corrected chi connectivity index (χ4v) is 3.69. The van der Waals surface area contributed by atoms with Gasteiger partial charge in [-0.3, -0.25) is 0 Å². The standard InChI is InChI=1S/C10H14FN3O4S3/c1-13-20(15,16)6-5-14-21(17,18)8-4-2-3-7(11)9(8)10(12)19/h2-4,13-14H,5-6H2,1H3,(H2,12,19). The summed E-state index contributed by atoms with van der Waals surface area (Å²) in [4.78, 5) is -0.840. The summed E-state index contributed by atoms with van der Waals surface area (Å²) >= 11 is 4.64. The fourth-order valence-electron chi connectivity index (χ4n) is 1.46. The Kier molecular flexibility index (Phi) is 5.75. The van der Waals surface area contributed by atoms with E-state index in [0.29, 0.717) is 0 Å². The second-order valence-electron chi connectivity index (χ2n) is 3.90. The third kappa shape index (κ3) is 4.68. The molecule has 11 heteroatoms. The van der Waals surface area contributed by atoms with Gasteiger partial charge >= 0.3 is 0 Å². The Morgan fingerprint density at radius 3 is 2.48 bits per heavy atom. The summed E-state index contributed by atoms with van der Waals surface area (Å²) in [5, 5.41) is 0. The van der Waals surface area contributed by atoms with Crippen LogP contribution in [-0.4, -0.2) is 41.2 Å². The summed E-state index contributed by atoms with van der Waals surface area (Å²) in [5.41, 5.74) is 4.92. The van der Waals surface area contributed by atoms with E-state index in [-0.39, 0.29) is 6.54 Å². The number of hydrogen-bond donors (Lipinski definition) is 3. The SMILES string of the molecule is CNS(=O)(=O)CCNS(=O)(=O)c1cccc(F)c1C(N)=S. The molecule has 0 radical (unpaired) electrons. The summed E-state index contributed by atoms with van der Waals surface area (Å²) in [6.07, 6.45) is 0. The van der Waals surface area contributed by atoms with Gasteiger partial charge in [0.25, 0.3) is 0 Å². The average Bonchev–Trinajstić information content (AvgIpc) is 2.37. The minimum absolute atomic E-state index is 0.376. The summed E-state index contributed by atoms with van der Waals surface area (Å²) in [6.45, 7) is -0.376. The Morgan fingerprint density at radius 2 is 1.95 bits per heavy atom. The second kappa shape index (κ2) is 6.75. The van der Waals surface area contributed by atoms with E-state index in [1.807, 2.05) is 4.72 Å². The Bertz CT molecular complexity index is 747. The van der Waals surface area contributed by atoms with E-state index >= 15 is 0 Å². The number of hydrogen-bond acceptors (Lipinski definition) is 5. The minimum atomic E-state index is -4.14. The molecule has 7 nitrogen and oxygen atoms in total. The predicted molar refractivity (Wildman–Crippen MR) is 80.3 cm³/mol. The normalized spacial score (nSPS) is 12.3. The number of nitrogens with two attached hydrogens (primary N) is 1. The van der Waals surface area contributed by atoms with Gasteiger partial charge in [-0.15, -0.1) is 0 Å². The third-order valence-electron chi connectivity index (χ3n) is 2.49. The second-order valence-corrected chi connectivity index (χ2v) is 8.12. The van der Waals surface area contributed by atoms with E-state index in [9.17, 15) is 21.2 Å². The van der Waals surface area contributed by atoms with Gasteiger partial charge in [-0.2, -0.15) is 0 Å². The van der Waals surface area contributed by atoms with Crippen LogP contribution in [0.3, 0.4) is 0 Å². The number of benzene rings is 1. The molecule has 21 heavy (non-hydrogen) atoms. The first-order valence-corrected chi connectivity index (χ1v) is 9.14. The molecule has 0 aliphatic rings. The molecule has 4 N–H and O–H groups in total. The van der Waals surface area contributed by atoms with Crippen molar-refractivity contribution < 1.29 is 21.2 Å². The maximum atomic E-state index is 13.6. The lowest BCUT2D eigenvalue weighted by molar-refractivity contribution is 0.575. The van der Waals surface area contributed by atoms with Crippen molar-refractivity contribution in [2.75, 3.05) is 19.3 Å². The molecule has 0 heterocycles. The van der Waals surface area contributed by atoms with E-state index in [2.05, 4.69) is 16.9 Å². The van der Waals surface area contributed by atoms with Crippen LogP contribution in [0.2, 0.25) is 0 Å². The van der Waals surface area contributed by atoms with Crippen LogP contribution in [-0.2, 0) is 20.0 Å². The zero-order valence-electron chi connectivity index (χ0n) is 11.0. The highest BCUT2D eigenvalue weighted by molar-refractivity contribution is 7.90. The van der Waals surface area contributed by atoms with Crippen molar-refractivity contribution in [1.82, 2.24) is 9.44 Å². The number of halogens is 1. The molecule has 0 atom stereocenters. The van der Waals surface area contributed by atoms with Gasteiger partial charge in [-0.05, 0) is 19.2 Å². The van der Waals surface area contributed by atoms with Gasteiger partial charge in [0, 0.05) is 6.54 Å².